The van der Waals surface area contributed by atoms with Gasteiger partial charge in [0.05, 0.1) is 4.88 Å². The first-order valence-corrected chi connectivity index (χ1v) is 9.28. The highest BCUT2D eigenvalue weighted by Gasteiger charge is 2.17. The molecule has 0 unspecified atom stereocenters. The van der Waals surface area contributed by atoms with E-state index in [9.17, 15) is 0 Å². The van der Waals surface area contributed by atoms with E-state index in [1.54, 1.807) is 11.3 Å². The molecule has 0 aliphatic heterocycles. The number of alkyl halides is 1. The number of hydrogen-bond donors (Lipinski definition) is 1. The Morgan fingerprint density at radius 3 is 2.92 bits per heavy atom. The van der Waals surface area contributed by atoms with E-state index in [2.05, 4.69) is 33.7 Å². The number of nitrogen functional groups attached to an aromatic ring is 1. The van der Waals surface area contributed by atoms with Crippen LogP contribution in [-0.4, -0.2) is 25.4 Å². The average Bonchev–Trinajstić information content (AvgIpc) is 3.21. The van der Waals surface area contributed by atoms with Crippen molar-refractivity contribution in [2.24, 2.45) is 0 Å². The van der Waals surface area contributed by atoms with E-state index in [0.29, 0.717) is 35.2 Å². The number of rotatable bonds is 5. The number of unbranched alkanes of at least 4 members (excludes halogenated alkanes) is 2. The molecule has 0 saturated heterocycles. The van der Waals surface area contributed by atoms with Crippen molar-refractivity contribution >= 4 is 39.9 Å². The monoisotopic (exact) mass is 359 g/mol. The summed E-state index contributed by atoms with van der Waals surface area (Å²) >= 11 is 7.59. The molecule has 2 N–H and O–H groups in total. The molecule has 0 bridgehead atoms. The highest BCUT2D eigenvalue weighted by atomic mass is 35.5. The highest BCUT2D eigenvalue weighted by molar-refractivity contribution is 7.13. The lowest BCUT2D eigenvalue weighted by atomic mass is 10.2. The molecule has 3 aromatic rings. The van der Waals surface area contributed by atoms with Crippen LogP contribution in [-0.2, 0) is 6.54 Å². The van der Waals surface area contributed by atoms with E-state index in [0.717, 1.165) is 30.0 Å². The fourth-order valence-electron chi connectivity index (χ4n) is 2.37. The topological polar surface area (TPSA) is 69.6 Å². The Bertz CT molecular complexity index is 889. The number of anilines is 1. The van der Waals surface area contributed by atoms with Gasteiger partial charge in [-0.1, -0.05) is 25.3 Å². The minimum absolute atomic E-state index is 0.353. The van der Waals surface area contributed by atoms with E-state index in [1.165, 1.54) is 0 Å². The van der Waals surface area contributed by atoms with Gasteiger partial charge < -0.3 is 10.3 Å². The van der Waals surface area contributed by atoms with E-state index in [1.807, 2.05) is 22.1 Å². The molecule has 3 rings (SSSR count). The quantitative estimate of drug-likeness (QED) is 0.426. The first-order valence-electron chi connectivity index (χ1n) is 7.87. The molecule has 5 nitrogen and oxygen atoms in total. The number of nitrogens with two attached hydrogens (primary N) is 1. The second kappa shape index (κ2) is 7.65. The molecule has 3 heterocycles. The van der Waals surface area contributed by atoms with Crippen LogP contribution in [0.3, 0.4) is 0 Å². The van der Waals surface area contributed by atoms with Gasteiger partial charge in [0.1, 0.15) is 0 Å². The van der Waals surface area contributed by atoms with Crippen molar-refractivity contribution in [1.29, 1.82) is 0 Å². The molecule has 0 saturated carbocycles. The van der Waals surface area contributed by atoms with Crippen molar-refractivity contribution in [2.75, 3.05) is 11.6 Å². The minimum atomic E-state index is 0.353. The fraction of sp³-hybridized carbons (Fsp3) is 0.353. The van der Waals surface area contributed by atoms with Crippen molar-refractivity contribution in [3.05, 3.63) is 23.3 Å². The molecule has 0 amide bonds. The van der Waals surface area contributed by atoms with Gasteiger partial charge in [-0.3, -0.25) is 0 Å². The van der Waals surface area contributed by atoms with Crippen LogP contribution in [0.25, 0.3) is 21.9 Å². The number of halogens is 1. The molecule has 0 aliphatic rings. The number of aromatic nitrogens is 4. The smallest absolute Gasteiger partial charge is 0.208 e. The summed E-state index contributed by atoms with van der Waals surface area (Å²) in [5.74, 6) is 8.17. The van der Waals surface area contributed by atoms with Gasteiger partial charge in [0.2, 0.25) is 5.82 Å². The summed E-state index contributed by atoms with van der Waals surface area (Å²) in [6.45, 7) is 2.74. The molecule has 0 spiro atoms. The molecule has 3 aromatic heterocycles. The summed E-state index contributed by atoms with van der Waals surface area (Å²) in [5, 5.41) is 2.01. The zero-order valence-corrected chi connectivity index (χ0v) is 15.0. The molecular weight excluding hydrogens is 342 g/mol. The van der Waals surface area contributed by atoms with Gasteiger partial charge in [0, 0.05) is 18.8 Å². The Kier molecular flexibility index (Phi) is 5.34. The van der Waals surface area contributed by atoms with Crippen LogP contribution in [0, 0.1) is 11.8 Å². The third-order valence-electron chi connectivity index (χ3n) is 3.53. The molecule has 0 atom stereocenters. The number of nitrogens with zero attached hydrogens (tertiary/aromatic N) is 4. The van der Waals surface area contributed by atoms with Gasteiger partial charge in [-0.05, 0) is 23.8 Å². The van der Waals surface area contributed by atoms with Crippen molar-refractivity contribution in [3.63, 3.8) is 0 Å². The van der Waals surface area contributed by atoms with E-state index < -0.39 is 0 Å². The number of thiophene rings is 1. The Hall–Kier alpha value is -2.10. The molecule has 24 heavy (non-hydrogen) atoms. The summed E-state index contributed by atoms with van der Waals surface area (Å²) in [6.07, 6.45) is 3.01. The number of hydrogen-bond acceptors (Lipinski definition) is 5. The van der Waals surface area contributed by atoms with Gasteiger partial charge in [-0.2, -0.15) is 0 Å². The molecule has 7 heteroatoms. The lowest BCUT2D eigenvalue weighted by molar-refractivity contribution is 0.793. The van der Waals surface area contributed by atoms with Crippen LogP contribution in [0.5, 0.6) is 0 Å². The van der Waals surface area contributed by atoms with Gasteiger partial charge in [-0.15, -0.1) is 22.9 Å². The van der Waals surface area contributed by atoms with Crippen LogP contribution in [0.2, 0.25) is 0 Å². The maximum Gasteiger partial charge on any atom is 0.208 e. The van der Waals surface area contributed by atoms with Gasteiger partial charge >= 0.3 is 0 Å². The van der Waals surface area contributed by atoms with Crippen LogP contribution in [0.1, 0.15) is 32.0 Å². The Balaban J connectivity index is 2.10. The zero-order valence-electron chi connectivity index (χ0n) is 13.4. The van der Waals surface area contributed by atoms with Crippen molar-refractivity contribution < 1.29 is 0 Å². The normalized spacial score (nSPS) is 10.8. The first kappa shape index (κ1) is 16.7. The van der Waals surface area contributed by atoms with Crippen LogP contribution >= 0.6 is 22.9 Å². The summed E-state index contributed by atoms with van der Waals surface area (Å²) in [4.78, 5) is 14.5. The highest BCUT2D eigenvalue weighted by Crippen LogP contribution is 2.29. The third kappa shape index (κ3) is 3.37. The zero-order chi connectivity index (χ0) is 16.9. The number of fused-ring (bicyclic) bond motifs is 1. The van der Waals surface area contributed by atoms with Crippen molar-refractivity contribution in [2.45, 2.75) is 32.7 Å². The lowest BCUT2D eigenvalue weighted by Crippen LogP contribution is -2.04. The van der Waals surface area contributed by atoms with Gasteiger partial charge in [-0.25, -0.2) is 15.0 Å². The standard InChI is InChI=1S/C17H18ClN5S/c1-2-3-4-5-8-13-20-15(19)14-17(21-13)23(10-9-18)16(22-14)12-7-6-11-24-12/h6-7,11H,2-4,9-10H2,1H3,(H2,19,20,21). The molecule has 0 fully saturated rings. The van der Waals surface area contributed by atoms with Crippen LogP contribution in [0.15, 0.2) is 17.5 Å². The summed E-state index contributed by atoms with van der Waals surface area (Å²) in [7, 11) is 0. The van der Waals surface area contributed by atoms with E-state index in [4.69, 9.17) is 17.3 Å². The van der Waals surface area contributed by atoms with E-state index in [-0.39, 0.29) is 0 Å². The number of imidazole rings is 1. The Labute approximate surface area is 149 Å². The SMILES string of the molecule is CCCCC#Cc1nc(N)c2nc(-c3cccs3)n(CCCl)c2n1. The largest absolute Gasteiger partial charge is 0.382 e. The summed E-state index contributed by atoms with van der Waals surface area (Å²) in [5.41, 5.74) is 7.38. The second-order valence-electron chi connectivity index (χ2n) is 5.26. The van der Waals surface area contributed by atoms with Gasteiger partial charge in [0.15, 0.2) is 22.8 Å². The predicted molar refractivity (Wildman–Crippen MR) is 100 cm³/mol. The maximum atomic E-state index is 6.09. The number of aryl methyl sites for hydroxylation is 1. The Morgan fingerprint density at radius 2 is 2.21 bits per heavy atom. The van der Waals surface area contributed by atoms with Crippen molar-refractivity contribution in [3.8, 4) is 22.5 Å². The molecule has 124 valence electrons. The lowest BCUT2D eigenvalue weighted by Gasteiger charge is -2.05. The first-order chi connectivity index (χ1) is 11.7. The van der Waals surface area contributed by atoms with Crippen molar-refractivity contribution in [1.82, 2.24) is 19.5 Å². The molecular formula is C17H18ClN5S. The predicted octanol–water partition coefficient (Wildman–Crippen LogP) is 3.92. The van der Waals surface area contributed by atoms with Crippen LogP contribution < -0.4 is 5.73 Å². The molecule has 0 radical (unpaired) electrons. The molecule has 0 aromatic carbocycles. The second-order valence-corrected chi connectivity index (χ2v) is 6.59. The Morgan fingerprint density at radius 1 is 1.33 bits per heavy atom. The summed E-state index contributed by atoms with van der Waals surface area (Å²) < 4.78 is 1.99. The fourth-order valence-corrected chi connectivity index (χ4v) is 3.27. The van der Waals surface area contributed by atoms with E-state index >= 15 is 0 Å². The maximum absolute atomic E-state index is 6.09. The van der Waals surface area contributed by atoms with Gasteiger partial charge in [0.25, 0.3) is 0 Å². The minimum Gasteiger partial charge on any atom is -0.382 e. The summed E-state index contributed by atoms with van der Waals surface area (Å²) in [6, 6.07) is 4.01. The van der Waals surface area contributed by atoms with Crippen LogP contribution in [0.4, 0.5) is 5.82 Å². The average molecular weight is 360 g/mol. The third-order valence-corrected chi connectivity index (χ3v) is 4.56. The molecule has 0 aliphatic carbocycles.